The zero-order chi connectivity index (χ0) is 23.1. The number of nitrogens with zero attached hydrogens (tertiary/aromatic N) is 2. The van der Waals surface area contributed by atoms with Gasteiger partial charge in [-0.25, -0.2) is 0 Å². The van der Waals surface area contributed by atoms with Gasteiger partial charge in [0.15, 0.2) is 0 Å². The minimum atomic E-state index is -0.479. The van der Waals surface area contributed by atoms with E-state index in [1.807, 2.05) is 48.5 Å². The van der Waals surface area contributed by atoms with E-state index in [0.29, 0.717) is 12.1 Å². The third-order valence-electron chi connectivity index (χ3n) is 6.13. The van der Waals surface area contributed by atoms with Crippen LogP contribution in [0.2, 0.25) is 0 Å². The molecule has 0 bridgehead atoms. The molecule has 3 rings (SSSR count). The predicted octanol–water partition coefficient (Wildman–Crippen LogP) is 3.84. The molecule has 0 spiro atoms. The summed E-state index contributed by atoms with van der Waals surface area (Å²) in [5.74, 6) is 0.146. The van der Waals surface area contributed by atoms with E-state index in [1.54, 1.807) is 19.1 Å². The summed E-state index contributed by atoms with van der Waals surface area (Å²) >= 11 is 0. The molecule has 32 heavy (non-hydrogen) atoms. The van der Waals surface area contributed by atoms with Crippen molar-refractivity contribution in [3.63, 3.8) is 0 Å². The normalized spacial score (nSPS) is 17.9. The Balaban J connectivity index is 1.88. The highest BCUT2D eigenvalue weighted by Crippen LogP contribution is 2.42. The van der Waals surface area contributed by atoms with Gasteiger partial charge in [0.25, 0.3) is 5.91 Å². The van der Waals surface area contributed by atoms with Crippen LogP contribution in [0.5, 0.6) is 5.75 Å². The first kappa shape index (κ1) is 23.8. The topological polar surface area (TPSA) is 61.9 Å². The predicted molar refractivity (Wildman–Crippen MR) is 127 cm³/mol. The Morgan fingerprint density at radius 3 is 2.31 bits per heavy atom. The molecular weight excluding hydrogens is 402 g/mol. The van der Waals surface area contributed by atoms with E-state index in [2.05, 4.69) is 24.1 Å². The molecule has 172 valence electrons. The van der Waals surface area contributed by atoms with Crippen LogP contribution in [0.25, 0.3) is 0 Å². The Morgan fingerprint density at radius 2 is 1.69 bits per heavy atom. The van der Waals surface area contributed by atoms with Gasteiger partial charge in [-0.2, -0.15) is 0 Å². The number of hydrogen-bond acceptors (Lipinski definition) is 4. The fourth-order valence-corrected chi connectivity index (χ4v) is 4.59. The van der Waals surface area contributed by atoms with Gasteiger partial charge in [0.2, 0.25) is 5.91 Å². The molecule has 0 saturated heterocycles. The van der Waals surface area contributed by atoms with Gasteiger partial charge in [0.05, 0.1) is 19.1 Å². The number of benzene rings is 2. The molecule has 1 heterocycles. The number of hydrogen-bond donors (Lipinski definition) is 1. The number of carbonyl (C=O) groups excluding carboxylic acids is 2. The molecule has 2 atom stereocenters. The zero-order valence-electron chi connectivity index (χ0n) is 19.6. The van der Waals surface area contributed by atoms with Crippen molar-refractivity contribution in [2.75, 3.05) is 40.3 Å². The summed E-state index contributed by atoms with van der Waals surface area (Å²) in [7, 11) is 3.40. The van der Waals surface area contributed by atoms with Gasteiger partial charge in [0.1, 0.15) is 5.75 Å². The van der Waals surface area contributed by atoms with Crippen LogP contribution < -0.4 is 10.1 Å². The molecule has 2 aromatic rings. The van der Waals surface area contributed by atoms with Crippen LogP contribution in [0.4, 0.5) is 0 Å². The van der Waals surface area contributed by atoms with Crippen molar-refractivity contribution in [2.24, 2.45) is 0 Å². The second-order valence-corrected chi connectivity index (χ2v) is 8.33. The number of methoxy groups -OCH3 is 1. The van der Waals surface area contributed by atoms with E-state index in [-0.39, 0.29) is 17.9 Å². The van der Waals surface area contributed by atoms with Gasteiger partial charge >= 0.3 is 0 Å². The SMILES string of the molecule is CCCN(CCC)CCNC(=O)[C@H]1c2ccccc2C(=O)N(C)[C@H]1c1ccc(OC)cc1. The lowest BCUT2D eigenvalue weighted by Crippen LogP contribution is -2.46. The number of likely N-dealkylation sites (N-methyl/N-ethyl adjacent to an activating group) is 1. The Labute approximate surface area is 191 Å². The van der Waals surface area contributed by atoms with Gasteiger partial charge in [-0.05, 0) is 55.3 Å². The molecule has 1 aliphatic heterocycles. The average Bonchev–Trinajstić information content (AvgIpc) is 2.81. The molecule has 0 aliphatic carbocycles. The molecule has 0 unspecified atom stereocenters. The van der Waals surface area contributed by atoms with Crippen LogP contribution in [0.15, 0.2) is 48.5 Å². The van der Waals surface area contributed by atoms with Crippen LogP contribution in [-0.2, 0) is 4.79 Å². The minimum absolute atomic E-state index is 0.0504. The Kier molecular flexibility index (Phi) is 8.28. The van der Waals surface area contributed by atoms with Gasteiger partial charge in [-0.1, -0.05) is 44.2 Å². The smallest absolute Gasteiger partial charge is 0.254 e. The lowest BCUT2D eigenvalue weighted by atomic mass is 9.79. The molecule has 2 aromatic carbocycles. The number of ether oxygens (including phenoxy) is 1. The lowest BCUT2D eigenvalue weighted by Gasteiger charge is -2.40. The lowest BCUT2D eigenvalue weighted by molar-refractivity contribution is -0.124. The molecule has 1 N–H and O–H groups in total. The summed E-state index contributed by atoms with van der Waals surface area (Å²) in [5, 5.41) is 3.15. The van der Waals surface area contributed by atoms with Crippen molar-refractivity contribution in [3.8, 4) is 5.75 Å². The summed E-state index contributed by atoms with van der Waals surface area (Å²) < 4.78 is 5.29. The molecule has 0 radical (unpaired) electrons. The first-order chi connectivity index (χ1) is 15.5. The monoisotopic (exact) mass is 437 g/mol. The maximum atomic E-state index is 13.5. The van der Waals surface area contributed by atoms with Crippen LogP contribution in [-0.4, -0.2) is 62.0 Å². The van der Waals surface area contributed by atoms with Crippen LogP contribution in [0.3, 0.4) is 0 Å². The second-order valence-electron chi connectivity index (χ2n) is 8.33. The number of rotatable bonds is 10. The van der Waals surface area contributed by atoms with Crippen LogP contribution in [0, 0.1) is 0 Å². The van der Waals surface area contributed by atoms with Crippen molar-refractivity contribution >= 4 is 11.8 Å². The van der Waals surface area contributed by atoms with Gasteiger partial charge in [-0.15, -0.1) is 0 Å². The Morgan fingerprint density at radius 1 is 1.03 bits per heavy atom. The van der Waals surface area contributed by atoms with Gasteiger partial charge in [-0.3, -0.25) is 9.59 Å². The molecule has 1 aliphatic rings. The number of nitrogens with one attached hydrogen (secondary N) is 1. The molecular formula is C26H35N3O3. The van der Waals surface area contributed by atoms with Crippen molar-refractivity contribution in [2.45, 2.75) is 38.6 Å². The summed E-state index contributed by atoms with van der Waals surface area (Å²) in [6.07, 6.45) is 2.19. The average molecular weight is 438 g/mol. The summed E-state index contributed by atoms with van der Waals surface area (Å²) in [4.78, 5) is 30.7. The molecule has 6 nitrogen and oxygen atoms in total. The maximum Gasteiger partial charge on any atom is 0.254 e. The third-order valence-corrected chi connectivity index (χ3v) is 6.13. The minimum Gasteiger partial charge on any atom is -0.497 e. The van der Waals surface area contributed by atoms with Crippen LogP contribution >= 0.6 is 0 Å². The first-order valence-electron chi connectivity index (χ1n) is 11.5. The number of fused-ring (bicyclic) bond motifs is 1. The van der Waals surface area contributed by atoms with E-state index in [1.165, 1.54) is 0 Å². The summed E-state index contributed by atoms with van der Waals surface area (Å²) in [6, 6.07) is 14.7. The van der Waals surface area contributed by atoms with E-state index >= 15 is 0 Å². The second kappa shape index (κ2) is 11.1. The number of amides is 2. The van der Waals surface area contributed by atoms with Crippen molar-refractivity contribution in [1.82, 2.24) is 15.1 Å². The summed E-state index contributed by atoms with van der Waals surface area (Å²) in [5.41, 5.74) is 2.29. The first-order valence-corrected chi connectivity index (χ1v) is 11.5. The Hall–Kier alpha value is -2.86. The van der Waals surface area contributed by atoms with Crippen LogP contribution in [0.1, 0.15) is 60.1 Å². The van der Waals surface area contributed by atoms with E-state index in [9.17, 15) is 9.59 Å². The standard InChI is InChI=1S/C26H35N3O3/c1-5-16-29(17-6-2)18-15-27-25(30)23-21-9-7-8-10-22(21)26(31)28(3)24(23)19-11-13-20(32-4)14-12-19/h7-14,23-24H,5-6,15-18H2,1-4H3,(H,27,30)/t23-,24-/m0/s1. The summed E-state index contributed by atoms with van der Waals surface area (Å²) in [6.45, 7) is 7.82. The van der Waals surface area contributed by atoms with E-state index < -0.39 is 5.92 Å². The highest BCUT2D eigenvalue weighted by atomic mass is 16.5. The zero-order valence-corrected chi connectivity index (χ0v) is 19.6. The molecule has 0 fully saturated rings. The highest BCUT2D eigenvalue weighted by Gasteiger charge is 2.42. The molecule has 2 amide bonds. The fraction of sp³-hybridized carbons (Fsp3) is 0.462. The molecule has 6 heteroatoms. The van der Waals surface area contributed by atoms with Gasteiger partial charge in [0, 0.05) is 25.7 Å². The largest absolute Gasteiger partial charge is 0.497 e. The van der Waals surface area contributed by atoms with Crippen molar-refractivity contribution < 1.29 is 14.3 Å². The van der Waals surface area contributed by atoms with E-state index in [4.69, 9.17) is 4.74 Å². The maximum absolute atomic E-state index is 13.5. The van der Waals surface area contributed by atoms with Crippen molar-refractivity contribution in [1.29, 1.82) is 0 Å². The van der Waals surface area contributed by atoms with Crippen molar-refractivity contribution in [3.05, 3.63) is 65.2 Å². The molecule has 0 aromatic heterocycles. The van der Waals surface area contributed by atoms with E-state index in [0.717, 1.165) is 49.4 Å². The fourth-order valence-electron chi connectivity index (χ4n) is 4.59. The molecule has 0 saturated carbocycles. The number of carbonyl (C=O) groups is 2. The highest BCUT2D eigenvalue weighted by molar-refractivity contribution is 6.01. The van der Waals surface area contributed by atoms with Gasteiger partial charge < -0.3 is 19.9 Å². The quantitative estimate of drug-likeness (QED) is 0.613. The third kappa shape index (κ3) is 5.13. The Bertz CT molecular complexity index is 907.